The number of fused-ring (bicyclic) bond motifs is 1. The van der Waals surface area contributed by atoms with Crippen LogP contribution in [0.5, 0.6) is 0 Å². The molecule has 0 radical (unpaired) electrons. The summed E-state index contributed by atoms with van der Waals surface area (Å²) in [5.41, 5.74) is 5.41. The van der Waals surface area contributed by atoms with Crippen LogP contribution in [0.25, 0.3) is 0 Å². The van der Waals surface area contributed by atoms with E-state index in [1.807, 2.05) is 13.0 Å². The molecule has 0 amide bonds. The Bertz CT molecular complexity index is 433. The molecule has 3 nitrogen and oxygen atoms in total. The fourth-order valence-corrected chi connectivity index (χ4v) is 2.22. The Morgan fingerprint density at radius 2 is 2.35 bits per heavy atom. The maximum absolute atomic E-state index is 5.84. The van der Waals surface area contributed by atoms with Gasteiger partial charge in [-0.05, 0) is 24.5 Å². The molecule has 17 heavy (non-hydrogen) atoms. The van der Waals surface area contributed by atoms with E-state index in [9.17, 15) is 0 Å². The summed E-state index contributed by atoms with van der Waals surface area (Å²) in [5, 5.41) is 0. The summed E-state index contributed by atoms with van der Waals surface area (Å²) < 4.78 is 5.84. The SMILES string of the molecule is CC#CCC(NN)C1OCCc2ccccc21. The minimum atomic E-state index is 0.00537. The highest BCUT2D eigenvalue weighted by Crippen LogP contribution is 2.30. The lowest BCUT2D eigenvalue weighted by molar-refractivity contribution is 0.0165. The molecule has 1 aliphatic heterocycles. The Morgan fingerprint density at radius 3 is 3.12 bits per heavy atom. The Labute approximate surface area is 102 Å². The van der Waals surface area contributed by atoms with Crippen LogP contribution in [-0.4, -0.2) is 12.6 Å². The Balaban J connectivity index is 2.23. The van der Waals surface area contributed by atoms with Crippen molar-refractivity contribution < 1.29 is 4.74 Å². The van der Waals surface area contributed by atoms with Crippen molar-refractivity contribution in [3.05, 3.63) is 35.4 Å². The number of hydrogen-bond donors (Lipinski definition) is 2. The van der Waals surface area contributed by atoms with Crippen molar-refractivity contribution in [1.82, 2.24) is 5.43 Å². The van der Waals surface area contributed by atoms with Crippen LogP contribution < -0.4 is 11.3 Å². The highest BCUT2D eigenvalue weighted by molar-refractivity contribution is 5.32. The van der Waals surface area contributed by atoms with E-state index in [-0.39, 0.29) is 12.1 Å². The summed E-state index contributed by atoms with van der Waals surface area (Å²) in [7, 11) is 0. The van der Waals surface area contributed by atoms with Crippen molar-refractivity contribution in [2.45, 2.75) is 31.9 Å². The van der Waals surface area contributed by atoms with Crippen molar-refractivity contribution in [3.8, 4) is 11.8 Å². The molecule has 1 aromatic rings. The zero-order chi connectivity index (χ0) is 12.1. The summed E-state index contributed by atoms with van der Waals surface area (Å²) >= 11 is 0. The van der Waals surface area contributed by atoms with Crippen LogP contribution in [0.1, 0.15) is 30.6 Å². The molecule has 0 saturated heterocycles. The number of hydrogen-bond acceptors (Lipinski definition) is 3. The van der Waals surface area contributed by atoms with Crippen molar-refractivity contribution in [2.75, 3.05) is 6.61 Å². The maximum atomic E-state index is 5.84. The van der Waals surface area contributed by atoms with E-state index < -0.39 is 0 Å². The average Bonchev–Trinajstić information content (AvgIpc) is 2.40. The Hall–Kier alpha value is -1.34. The van der Waals surface area contributed by atoms with Crippen molar-refractivity contribution in [3.63, 3.8) is 0 Å². The molecule has 0 aromatic heterocycles. The van der Waals surface area contributed by atoms with Gasteiger partial charge in [-0.25, -0.2) is 0 Å². The molecule has 2 unspecified atom stereocenters. The third-order valence-corrected chi connectivity index (χ3v) is 3.11. The number of nitrogens with two attached hydrogens (primary N) is 1. The van der Waals surface area contributed by atoms with Gasteiger partial charge in [0.15, 0.2) is 0 Å². The molecule has 3 heteroatoms. The van der Waals surface area contributed by atoms with E-state index in [1.54, 1.807) is 0 Å². The normalized spacial score (nSPS) is 20.0. The summed E-state index contributed by atoms with van der Waals surface area (Å²) in [6.07, 6.45) is 1.68. The first-order valence-corrected chi connectivity index (χ1v) is 5.92. The van der Waals surface area contributed by atoms with E-state index in [1.165, 1.54) is 11.1 Å². The minimum Gasteiger partial charge on any atom is -0.371 e. The van der Waals surface area contributed by atoms with Gasteiger partial charge in [0, 0.05) is 6.42 Å². The van der Waals surface area contributed by atoms with Crippen LogP contribution in [0.15, 0.2) is 24.3 Å². The Kier molecular flexibility index (Phi) is 4.16. The summed E-state index contributed by atoms with van der Waals surface area (Å²) in [5.74, 6) is 11.6. The molecule has 0 spiro atoms. The fourth-order valence-electron chi connectivity index (χ4n) is 2.22. The standard InChI is InChI=1S/C14H18N2O/c1-2-3-8-13(16-15)14-12-7-5-4-6-11(12)9-10-17-14/h4-7,13-14,16H,8-10,15H2,1H3. The van der Waals surface area contributed by atoms with Crippen LogP contribution >= 0.6 is 0 Å². The number of rotatable bonds is 3. The molecule has 1 aliphatic rings. The highest BCUT2D eigenvalue weighted by atomic mass is 16.5. The lowest BCUT2D eigenvalue weighted by Gasteiger charge is -2.31. The molecule has 1 aromatic carbocycles. The van der Waals surface area contributed by atoms with Crippen molar-refractivity contribution in [2.24, 2.45) is 5.84 Å². The van der Waals surface area contributed by atoms with E-state index in [0.29, 0.717) is 6.42 Å². The molecular weight excluding hydrogens is 212 g/mol. The predicted octanol–water partition coefficient (Wildman–Crippen LogP) is 1.55. The van der Waals surface area contributed by atoms with Crippen LogP contribution in [0.3, 0.4) is 0 Å². The van der Waals surface area contributed by atoms with Gasteiger partial charge in [-0.2, -0.15) is 0 Å². The van der Waals surface area contributed by atoms with Gasteiger partial charge in [0.25, 0.3) is 0 Å². The quantitative estimate of drug-likeness (QED) is 0.470. The van der Waals surface area contributed by atoms with Gasteiger partial charge in [0.05, 0.1) is 12.6 Å². The van der Waals surface area contributed by atoms with Gasteiger partial charge in [0.1, 0.15) is 6.10 Å². The summed E-state index contributed by atoms with van der Waals surface area (Å²) in [6.45, 7) is 2.59. The average molecular weight is 230 g/mol. The molecule has 0 saturated carbocycles. The highest BCUT2D eigenvalue weighted by Gasteiger charge is 2.27. The molecule has 3 N–H and O–H groups in total. The molecule has 1 heterocycles. The number of hydrazine groups is 1. The first-order valence-electron chi connectivity index (χ1n) is 5.92. The monoisotopic (exact) mass is 230 g/mol. The lowest BCUT2D eigenvalue weighted by atomic mass is 9.92. The topological polar surface area (TPSA) is 47.3 Å². The lowest BCUT2D eigenvalue weighted by Crippen LogP contribution is -2.42. The van der Waals surface area contributed by atoms with E-state index in [4.69, 9.17) is 10.6 Å². The third kappa shape index (κ3) is 2.67. The first kappa shape index (κ1) is 12.1. The van der Waals surface area contributed by atoms with E-state index >= 15 is 0 Å². The van der Waals surface area contributed by atoms with Crippen molar-refractivity contribution >= 4 is 0 Å². The summed E-state index contributed by atoms with van der Waals surface area (Å²) in [4.78, 5) is 0. The van der Waals surface area contributed by atoms with Gasteiger partial charge in [-0.1, -0.05) is 24.3 Å². The second-order valence-corrected chi connectivity index (χ2v) is 4.14. The van der Waals surface area contributed by atoms with E-state index in [0.717, 1.165) is 13.0 Å². The zero-order valence-electron chi connectivity index (χ0n) is 10.1. The molecule has 2 atom stereocenters. The largest absolute Gasteiger partial charge is 0.371 e. The third-order valence-electron chi connectivity index (χ3n) is 3.11. The zero-order valence-corrected chi connectivity index (χ0v) is 10.1. The maximum Gasteiger partial charge on any atom is 0.100 e. The van der Waals surface area contributed by atoms with Gasteiger partial charge < -0.3 is 4.74 Å². The predicted molar refractivity (Wildman–Crippen MR) is 68.0 cm³/mol. The van der Waals surface area contributed by atoms with Crippen LogP contribution in [0.4, 0.5) is 0 Å². The van der Waals surface area contributed by atoms with Gasteiger partial charge in [0.2, 0.25) is 0 Å². The van der Waals surface area contributed by atoms with E-state index in [2.05, 4.69) is 35.5 Å². The number of nitrogens with one attached hydrogen (secondary N) is 1. The van der Waals surface area contributed by atoms with Gasteiger partial charge in [-0.3, -0.25) is 11.3 Å². The fraction of sp³-hybridized carbons (Fsp3) is 0.429. The molecule has 0 bridgehead atoms. The van der Waals surface area contributed by atoms with Gasteiger partial charge in [-0.15, -0.1) is 11.8 Å². The second kappa shape index (κ2) is 5.83. The van der Waals surface area contributed by atoms with Crippen LogP contribution in [-0.2, 0) is 11.2 Å². The minimum absolute atomic E-state index is 0.00537. The smallest absolute Gasteiger partial charge is 0.100 e. The van der Waals surface area contributed by atoms with Gasteiger partial charge >= 0.3 is 0 Å². The Morgan fingerprint density at radius 1 is 1.53 bits per heavy atom. The van der Waals surface area contributed by atoms with Crippen LogP contribution in [0.2, 0.25) is 0 Å². The molecule has 90 valence electrons. The molecule has 2 rings (SSSR count). The molecular formula is C14H18N2O. The van der Waals surface area contributed by atoms with Crippen LogP contribution in [0, 0.1) is 11.8 Å². The summed E-state index contributed by atoms with van der Waals surface area (Å²) in [6, 6.07) is 8.42. The molecule has 0 fully saturated rings. The second-order valence-electron chi connectivity index (χ2n) is 4.14. The van der Waals surface area contributed by atoms with Crippen molar-refractivity contribution in [1.29, 1.82) is 0 Å². The first-order chi connectivity index (χ1) is 8.36. The number of ether oxygens (including phenoxy) is 1. The molecule has 0 aliphatic carbocycles. The number of benzene rings is 1.